The van der Waals surface area contributed by atoms with Crippen molar-refractivity contribution >= 4 is 0 Å². The topological polar surface area (TPSA) is 59.2 Å². The number of likely N-dealkylation sites (N-methyl/N-ethyl adjacent to an activating group) is 1. The largest absolute Gasteiger partial charge is 0.454 e. The van der Waals surface area contributed by atoms with Crippen molar-refractivity contribution < 1.29 is 9.47 Å². The van der Waals surface area contributed by atoms with Crippen LogP contribution < -0.4 is 14.8 Å². The lowest BCUT2D eigenvalue weighted by Crippen LogP contribution is -2.11. The molecule has 1 aromatic heterocycles. The van der Waals surface area contributed by atoms with Gasteiger partial charge in [0, 0.05) is 24.2 Å². The first-order valence-corrected chi connectivity index (χ1v) is 6.38. The molecule has 5 heteroatoms. The van der Waals surface area contributed by atoms with Crippen molar-refractivity contribution in [2.45, 2.75) is 13.3 Å². The van der Waals surface area contributed by atoms with E-state index >= 15 is 0 Å². The van der Waals surface area contributed by atoms with Gasteiger partial charge in [0.05, 0.1) is 5.69 Å². The lowest BCUT2D eigenvalue weighted by molar-refractivity contribution is 0.174. The third-order valence-corrected chi connectivity index (χ3v) is 3.38. The standard InChI is InChI=1S/C14H17N3O2/c1-9-11(5-6-15-2)16-17-14(9)10-3-4-12-13(7-10)19-8-18-12/h3-4,7,15H,5-6,8H2,1-2H3,(H,16,17). The van der Waals surface area contributed by atoms with E-state index in [2.05, 4.69) is 22.4 Å². The lowest BCUT2D eigenvalue weighted by atomic mass is 10.1. The van der Waals surface area contributed by atoms with Crippen LogP contribution in [0.25, 0.3) is 11.3 Å². The second-order valence-electron chi connectivity index (χ2n) is 4.60. The van der Waals surface area contributed by atoms with E-state index in [1.54, 1.807) is 0 Å². The number of hydrogen-bond acceptors (Lipinski definition) is 4. The van der Waals surface area contributed by atoms with Crippen LogP contribution in [0, 0.1) is 6.92 Å². The molecule has 0 atom stereocenters. The van der Waals surface area contributed by atoms with Gasteiger partial charge in [0.25, 0.3) is 0 Å². The average Bonchev–Trinajstić information content (AvgIpc) is 3.02. The molecule has 0 radical (unpaired) electrons. The van der Waals surface area contributed by atoms with Gasteiger partial charge in [0.1, 0.15) is 0 Å². The predicted molar refractivity (Wildman–Crippen MR) is 72.5 cm³/mol. The molecule has 2 heterocycles. The Morgan fingerprint density at radius 2 is 2.16 bits per heavy atom. The molecule has 0 saturated carbocycles. The van der Waals surface area contributed by atoms with Gasteiger partial charge in [0.2, 0.25) is 6.79 Å². The second kappa shape index (κ2) is 4.93. The molecule has 19 heavy (non-hydrogen) atoms. The molecular weight excluding hydrogens is 242 g/mol. The normalized spacial score (nSPS) is 12.9. The molecule has 0 fully saturated rings. The van der Waals surface area contributed by atoms with Gasteiger partial charge in [-0.25, -0.2) is 0 Å². The summed E-state index contributed by atoms with van der Waals surface area (Å²) in [6, 6.07) is 5.92. The maximum absolute atomic E-state index is 5.40. The van der Waals surface area contributed by atoms with Gasteiger partial charge in [-0.3, -0.25) is 5.10 Å². The second-order valence-corrected chi connectivity index (χ2v) is 4.60. The first kappa shape index (κ1) is 12.0. The number of aromatic nitrogens is 2. The number of hydrogen-bond donors (Lipinski definition) is 2. The Kier molecular flexibility index (Phi) is 3.13. The van der Waals surface area contributed by atoms with E-state index in [-0.39, 0.29) is 0 Å². The summed E-state index contributed by atoms with van der Waals surface area (Å²) in [6.07, 6.45) is 0.944. The lowest BCUT2D eigenvalue weighted by Gasteiger charge is -2.02. The van der Waals surface area contributed by atoms with Gasteiger partial charge < -0.3 is 14.8 Å². The van der Waals surface area contributed by atoms with Crippen molar-refractivity contribution in [3.05, 3.63) is 29.5 Å². The molecule has 0 aliphatic carbocycles. The zero-order valence-electron chi connectivity index (χ0n) is 11.1. The molecule has 0 amide bonds. The fourth-order valence-corrected chi connectivity index (χ4v) is 2.25. The first-order valence-electron chi connectivity index (χ1n) is 6.38. The highest BCUT2D eigenvalue weighted by Crippen LogP contribution is 2.36. The van der Waals surface area contributed by atoms with Gasteiger partial charge in [0.15, 0.2) is 11.5 Å². The van der Waals surface area contributed by atoms with Crippen LogP contribution in [0.2, 0.25) is 0 Å². The first-order chi connectivity index (χ1) is 9.29. The molecule has 0 unspecified atom stereocenters. The molecule has 100 valence electrons. The molecule has 5 nitrogen and oxygen atoms in total. The van der Waals surface area contributed by atoms with E-state index in [9.17, 15) is 0 Å². The Balaban J connectivity index is 1.92. The zero-order chi connectivity index (χ0) is 13.2. The smallest absolute Gasteiger partial charge is 0.231 e. The van der Waals surface area contributed by atoms with Crippen LogP contribution in [0.3, 0.4) is 0 Å². The van der Waals surface area contributed by atoms with Crippen molar-refractivity contribution in [1.82, 2.24) is 15.5 Å². The fraction of sp³-hybridized carbons (Fsp3) is 0.357. The Morgan fingerprint density at radius 1 is 1.32 bits per heavy atom. The van der Waals surface area contributed by atoms with Crippen LogP contribution in [-0.4, -0.2) is 30.6 Å². The number of nitrogens with one attached hydrogen (secondary N) is 2. The maximum atomic E-state index is 5.40. The maximum Gasteiger partial charge on any atom is 0.231 e. The van der Waals surface area contributed by atoms with Crippen LogP contribution in [0.5, 0.6) is 11.5 Å². The van der Waals surface area contributed by atoms with E-state index in [0.717, 1.165) is 35.7 Å². The monoisotopic (exact) mass is 259 g/mol. The summed E-state index contributed by atoms with van der Waals surface area (Å²) >= 11 is 0. The number of fused-ring (bicyclic) bond motifs is 1. The van der Waals surface area contributed by atoms with Gasteiger partial charge in [-0.15, -0.1) is 0 Å². The Morgan fingerprint density at radius 3 is 3.00 bits per heavy atom. The van der Waals surface area contributed by atoms with Crippen LogP contribution in [0.4, 0.5) is 0 Å². The molecule has 1 aliphatic rings. The third-order valence-electron chi connectivity index (χ3n) is 3.38. The third kappa shape index (κ3) is 2.17. The van der Waals surface area contributed by atoms with Gasteiger partial charge in [-0.1, -0.05) is 0 Å². The van der Waals surface area contributed by atoms with Crippen molar-refractivity contribution in [3.63, 3.8) is 0 Å². The van der Waals surface area contributed by atoms with E-state index in [4.69, 9.17) is 9.47 Å². The summed E-state index contributed by atoms with van der Waals surface area (Å²) in [5, 5.41) is 10.7. The average molecular weight is 259 g/mol. The van der Waals surface area contributed by atoms with E-state index < -0.39 is 0 Å². The zero-order valence-corrected chi connectivity index (χ0v) is 11.1. The molecule has 2 aromatic rings. The quantitative estimate of drug-likeness (QED) is 0.880. The molecule has 3 rings (SSSR count). The summed E-state index contributed by atoms with van der Waals surface area (Å²) in [5.41, 5.74) is 4.38. The van der Waals surface area contributed by atoms with Crippen molar-refractivity contribution in [3.8, 4) is 22.8 Å². The molecule has 2 N–H and O–H groups in total. The molecular formula is C14H17N3O2. The highest BCUT2D eigenvalue weighted by atomic mass is 16.7. The fourth-order valence-electron chi connectivity index (χ4n) is 2.25. The SMILES string of the molecule is CNCCc1[nH]nc(-c2ccc3c(c2)OCO3)c1C. The minimum Gasteiger partial charge on any atom is -0.454 e. The molecule has 0 bridgehead atoms. The Bertz CT molecular complexity index is 592. The van der Waals surface area contributed by atoms with Crippen molar-refractivity contribution in [2.24, 2.45) is 0 Å². The summed E-state index contributed by atoms with van der Waals surface area (Å²) in [5.74, 6) is 1.59. The summed E-state index contributed by atoms with van der Waals surface area (Å²) in [4.78, 5) is 0. The van der Waals surface area contributed by atoms with Gasteiger partial charge in [-0.05, 0) is 37.7 Å². The summed E-state index contributed by atoms with van der Waals surface area (Å²) < 4.78 is 10.7. The van der Waals surface area contributed by atoms with Crippen LogP contribution in [-0.2, 0) is 6.42 Å². The predicted octanol–water partition coefficient (Wildman–Crippen LogP) is 1.88. The number of H-pyrrole nitrogens is 1. The number of rotatable bonds is 4. The van der Waals surface area contributed by atoms with Crippen LogP contribution in [0.15, 0.2) is 18.2 Å². The van der Waals surface area contributed by atoms with Crippen LogP contribution >= 0.6 is 0 Å². The molecule has 0 spiro atoms. The van der Waals surface area contributed by atoms with E-state index in [1.165, 1.54) is 11.3 Å². The number of aromatic amines is 1. The Hall–Kier alpha value is -2.01. The van der Waals surface area contributed by atoms with Crippen molar-refractivity contribution in [1.29, 1.82) is 0 Å². The van der Waals surface area contributed by atoms with E-state index in [1.807, 2.05) is 25.2 Å². The minimum atomic E-state index is 0.297. The number of benzene rings is 1. The molecule has 1 aromatic carbocycles. The van der Waals surface area contributed by atoms with Gasteiger partial charge >= 0.3 is 0 Å². The Labute approximate surface area is 111 Å². The van der Waals surface area contributed by atoms with Crippen molar-refractivity contribution in [2.75, 3.05) is 20.4 Å². The highest BCUT2D eigenvalue weighted by Gasteiger charge is 2.16. The highest BCUT2D eigenvalue weighted by molar-refractivity contribution is 5.67. The van der Waals surface area contributed by atoms with E-state index in [0.29, 0.717) is 6.79 Å². The summed E-state index contributed by atoms with van der Waals surface area (Å²) in [6.45, 7) is 3.32. The van der Waals surface area contributed by atoms with Crippen LogP contribution in [0.1, 0.15) is 11.3 Å². The molecule has 1 aliphatic heterocycles. The molecule has 0 saturated heterocycles. The minimum absolute atomic E-state index is 0.297. The van der Waals surface area contributed by atoms with Gasteiger partial charge in [-0.2, -0.15) is 5.10 Å². The number of nitrogens with zero attached hydrogens (tertiary/aromatic N) is 1. The summed E-state index contributed by atoms with van der Waals surface area (Å²) in [7, 11) is 1.95. The number of ether oxygens (including phenoxy) is 2.